The van der Waals surface area contributed by atoms with Gasteiger partial charge in [-0.2, -0.15) is 0 Å². The van der Waals surface area contributed by atoms with Crippen LogP contribution in [-0.4, -0.2) is 28.5 Å². The van der Waals surface area contributed by atoms with Gasteiger partial charge in [0, 0.05) is 22.9 Å². The molecule has 2 aromatic rings. The molecule has 2 rings (SSSR count). The maximum Gasteiger partial charge on any atom is 0.246 e. The average Bonchev–Trinajstić information content (AvgIpc) is 2.61. The number of thiocarbonyl (C=S) groups is 1. The van der Waals surface area contributed by atoms with E-state index in [-0.39, 0.29) is 11.7 Å². The molecule has 2 N–H and O–H groups in total. The third-order valence-corrected chi connectivity index (χ3v) is 4.33. The molecule has 7 heteroatoms. The lowest BCUT2D eigenvalue weighted by molar-refractivity contribution is -0.119. The summed E-state index contributed by atoms with van der Waals surface area (Å²) in [5.74, 6) is -0.509. The summed E-state index contributed by atoms with van der Waals surface area (Å²) in [7, 11) is 0. The first-order valence-corrected chi connectivity index (χ1v) is 9.09. The van der Waals surface area contributed by atoms with Crippen molar-refractivity contribution >= 4 is 46.2 Å². The van der Waals surface area contributed by atoms with Gasteiger partial charge in [0.25, 0.3) is 0 Å². The summed E-state index contributed by atoms with van der Waals surface area (Å²) >= 11 is 11.4. The van der Waals surface area contributed by atoms with Crippen LogP contribution < -0.4 is 10.6 Å². The zero-order valence-electron chi connectivity index (χ0n) is 14.6. The number of nitrogens with zero attached hydrogens (tertiary/aromatic N) is 1. The van der Waals surface area contributed by atoms with Crippen LogP contribution in [-0.2, 0) is 4.79 Å². The van der Waals surface area contributed by atoms with Gasteiger partial charge < -0.3 is 15.5 Å². The lowest BCUT2D eigenvalue weighted by Gasteiger charge is -2.30. The van der Waals surface area contributed by atoms with E-state index in [0.717, 1.165) is 6.42 Å². The number of hydrogen-bond donors (Lipinski definition) is 2. The van der Waals surface area contributed by atoms with Crippen molar-refractivity contribution in [2.45, 2.75) is 26.3 Å². The zero-order chi connectivity index (χ0) is 19.1. The molecule has 0 spiro atoms. The molecular weight excluding hydrogens is 373 g/mol. The minimum atomic E-state index is -0.491. The van der Waals surface area contributed by atoms with Gasteiger partial charge in [-0.05, 0) is 68.0 Å². The van der Waals surface area contributed by atoms with E-state index in [1.165, 1.54) is 12.1 Å². The van der Waals surface area contributed by atoms with Gasteiger partial charge in [0.2, 0.25) is 5.91 Å². The number of hydrogen-bond acceptors (Lipinski definition) is 2. The van der Waals surface area contributed by atoms with Crippen molar-refractivity contribution in [2.75, 3.05) is 17.2 Å². The number of anilines is 2. The number of nitrogens with one attached hydrogen (secondary N) is 2. The predicted molar refractivity (Wildman–Crippen MR) is 109 cm³/mol. The molecule has 26 heavy (non-hydrogen) atoms. The summed E-state index contributed by atoms with van der Waals surface area (Å²) in [6.45, 7) is 4.40. The van der Waals surface area contributed by atoms with E-state index < -0.39 is 6.04 Å². The van der Waals surface area contributed by atoms with Gasteiger partial charge in [0.15, 0.2) is 5.11 Å². The monoisotopic (exact) mass is 393 g/mol. The molecule has 1 amide bonds. The molecule has 0 aliphatic heterocycles. The van der Waals surface area contributed by atoms with Crippen LogP contribution in [0.1, 0.15) is 20.3 Å². The van der Waals surface area contributed by atoms with Gasteiger partial charge in [-0.1, -0.05) is 24.6 Å². The van der Waals surface area contributed by atoms with Crippen LogP contribution in [0.25, 0.3) is 0 Å². The molecule has 0 heterocycles. The molecular formula is C19H21ClFN3OS. The van der Waals surface area contributed by atoms with E-state index in [2.05, 4.69) is 10.6 Å². The van der Waals surface area contributed by atoms with E-state index in [0.29, 0.717) is 28.1 Å². The van der Waals surface area contributed by atoms with Crippen molar-refractivity contribution in [1.29, 1.82) is 0 Å². The van der Waals surface area contributed by atoms with Crippen LogP contribution in [0, 0.1) is 5.82 Å². The number of halogens is 2. The fourth-order valence-electron chi connectivity index (χ4n) is 2.39. The smallest absolute Gasteiger partial charge is 0.246 e. The Balaban J connectivity index is 2.07. The number of carbonyl (C=O) groups is 1. The van der Waals surface area contributed by atoms with Gasteiger partial charge in [0.1, 0.15) is 11.9 Å². The maximum absolute atomic E-state index is 13.0. The van der Waals surface area contributed by atoms with Gasteiger partial charge >= 0.3 is 0 Å². The molecule has 0 saturated heterocycles. The SMILES string of the molecule is CCCN(C(=S)Nc1ccc(F)cc1)[C@H](C)C(=O)Nc1cccc(Cl)c1. The van der Waals surface area contributed by atoms with Crippen LogP contribution in [0.5, 0.6) is 0 Å². The Bertz CT molecular complexity index is 770. The normalized spacial score (nSPS) is 11.5. The first kappa shape index (κ1) is 20.1. The van der Waals surface area contributed by atoms with E-state index in [9.17, 15) is 9.18 Å². The lowest BCUT2D eigenvalue weighted by Crippen LogP contribution is -2.47. The maximum atomic E-state index is 13.0. The molecule has 0 bridgehead atoms. The number of amides is 1. The van der Waals surface area contributed by atoms with Crippen LogP contribution in [0.3, 0.4) is 0 Å². The van der Waals surface area contributed by atoms with Crippen molar-refractivity contribution in [3.8, 4) is 0 Å². The Labute approximate surface area is 163 Å². The van der Waals surface area contributed by atoms with E-state index >= 15 is 0 Å². The second-order valence-corrected chi connectivity index (χ2v) is 6.63. The first-order valence-electron chi connectivity index (χ1n) is 8.30. The second kappa shape index (κ2) is 9.50. The third kappa shape index (κ3) is 5.68. The summed E-state index contributed by atoms with van der Waals surface area (Å²) in [6.07, 6.45) is 0.819. The Morgan fingerprint density at radius 2 is 1.88 bits per heavy atom. The zero-order valence-corrected chi connectivity index (χ0v) is 16.2. The summed E-state index contributed by atoms with van der Waals surface area (Å²) in [5.41, 5.74) is 1.29. The number of rotatable bonds is 6. The quantitative estimate of drug-likeness (QED) is 0.684. The topological polar surface area (TPSA) is 44.4 Å². The molecule has 4 nitrogen and oxygen atoms in total. The molecule has 1 atom stereocenters. The molecule has 0 aromatic heterocycles. The summed E-state index contributed by atoms with van der Waals surface area (Å²) in [6, 6.07) is 12.4. The molecule has 0 saturated carbocycles. The minimum absolute atomic E-state index is 0.191. The first-order chi connectivity index (χ1) is 12.4. The summed E-state index contributed by atoms with van der Waals surface area (Å²) in [5, 5.41) is 6.86. The summed E-state index contributed by atoms with van der Waals surface area (Å²) < 4.78 is 13.0. The summed E-state index contributed by atoms with van der Waals surface area (Å²) in [4.78, 5) is 14.4. The van der Waals surface area contributed by atoms with Crippen molar-refractivity contribution in [3.05, 3.63) is 59.4 Å². The fraction of sp³-hybridized carbons (Fsp3) is 0.263. The van der Waals surface area contributed by atoms with Crippen molar-refractivity contribution in [3.63, 3.8) is 0 Å². The molecule has 0 aliphatic carbocycles. The fourth-order valence-corrected chi connectivity index (χ4v) is 2.95. The van der Waals surface area contributed by atoms with Gasteiger partial charge in [0.05, 0.1) is 0 Å². The largest absolute Gasteiger partial charge is 0.337 e. The predicted octanol–water partition coefficient (Wildman–Crippen LogP) is 4.92. The van der Waals surface area contributed by atoms with Crippen LogP contribution in [0.4, 0.5) is 15.8 Å². The molecule has 0 radical (unpaired) electrons. The van der Waals surface area contributed by atoms with E-state index in [1.807, 2.05) is 6.92 Å². The minimum Gasteiger partial charge on any atom is -0.337 e. The van der Waals surface area contributed by atoms with Crippen LogP contribution in [0.2, 0.25) is 5.02 Å². The Morgan fingerprint density at radius 3 is 2.50 bits per heavy atom. The highest BCUT2D eigenvalue weighted by Gasteiger charge is 2.23. The van der Waals surface area contributed by atoms with Gasteiger partial charge in [-0.15, -0.1) is 0 Å². The standard InChI is InChI=1S/C19H21ClFN3OS/c1-3-11-24(19(26)23-16-9-7-15(21)8-10-16)13(2)18(25)22-17-6-4-5-14(20)12-17/h4-10,12-13H,3,11H2,1-2H3,(H,22,25)(H,23,26)/t13-/m1/s1. The highest BCUT2D eigenvalue weighted by Crippen LogP contribution is 2.16. The Morgan fingerprint density at radius 1 is 1.19 bits per heavy atom. The van der Waals surface area contributed by atoms with Crippen molar-refractivity contribution in [2.24, 2.45) is 0 Å². The molecule has 138 valence electrons. The van der Waals surface area contributed by atoms with Crippen LogP contribution in [0.15, 0.2) is 48.5 Å². The highest BCUT2D eigenvalue weighted by atomic mass is 35.5. The van der Waals surface area contributed by atoms with Gasteiger partial charge in [-0.25, -0.2) is 4.39 Å². The van der Waals surface area contributed by atoms with Crippen LogP contribution >= 0.6 is 23.8 Å². The van der Waals surface area contributed by atoms with E-state index in [4.69, 9.17) is 23.8 Å². The molecule has 0 fully saturated rings. The number of benzene rings is 2. The Kier molecular flexibility index (Phi) is 7.36. The second-order valence-electron chi connectivity index (χ2n) is 5.81. The van der Waals surface area contributed by atoms with Crippen molar-refractivity contribution in [1.82, 2.24) is 4.90 Å². The Hall–Kier alpha value is -2.18. The average molecular weight is 394 g/mol. The highest BCUT2D eigenvalue weighted by molar-refractivity contribution is 7.80. The van der Waals surface area contributed by atoms with Gasteiger partial charge in [-0.3, -0.25) is 4.79 Å². The van der Waals surface area contributed by atoms with Crippen molar-refractivity contribution < 1.29 is 9.18 Å². The van der Waals surface area contributed by atoms with E-state index in [1.54, 1.807) is 48.2 Å². The molecule has 0 unspecified atom stereocenters. The molecule has 0 aliphatic rings. The third-order valence-electron chi connectivity index (χ3n) is 3.76. The molecule has 2 aromatic carbocycles. The number of carbonyl (C=O) groups excluding carboxylic acids is 1. The lowest BCUT2D eigenvalue weighted by atomic mass is 10.2.